The summed E-state index contributed by atoms with van der Waals surface area (Å²) in [6.07, 6.45) is 28.2. The average Bonchev–Trinajstić information content (AvgIpc) is 3.55. The Bertz CT molecular complexity index is 883. The molecule has 6 rings (SSSR count). The monoisotopic (exact) mass is 496 g/mol. The maximum atomic E-state index is 13.4. The van der Waals surface area contributed by atoms with Crippen LogP contribution in [-0.4, -0.2) is 22.8 Å². The van der Waals surface area contributed by atoms with Gasteiger partial charge in [-0.15, -0.1) is 0 Å². The molecule has 4 heteroatoms. The van der Waals surface area contributed by atoms with Crippen molar-refractivity contribution in [1.29, 1.82) is 0 Å². The van der Waals surface area contributed by atoms with Crippen molar-refractivity contribution in [2.75, 3.05) is 0 Å². The Morgan fingerprint density at radius 3 is 2.29 bits per heavy atom. The fraction of sp³-hybridized carbons (Fsp3) is 0.400. The third kappa shape index (κ3) is 4.48. The fourth-order valence-corrected chi connectivity index (χ4v) is 7.14. The molecule has 0 amide bonds. The molecule has 6 aliphatic rings. The van der Waals surface area contributed by atoms with E-state index in [0.717, 1.165) is 36.3 Å². The summed E-state index contributed by atoms with van der Waals surface area (Å²) in [5.74, 6) is 1.98. The number of carbonyl (C=O) groups excluding carboxylic acids is 2. The smallest absolute Gasteiger partial charge is 0.393 e. The van der Waals surface area contributed by atoms with E-state index in [4.69, 9.17) is 0 Å². The van der Waals surface area contributed by atoms with E-state index in [1.54, 1.807) is 12.2 Å². The Morgan fingerprint density at radius 1 is 1.00 bits per heavy atom. The molecule has 176 valence electrons. The molecular formula is C30H32FeO3+2. The molecular weight excluding hydrogens is 464 g/mol. The van der Waals surface area contributed by atoms with Gasteiger partial charge in [-0.05, 0) is 113 Å². The van der Waals surface area contributed by atoms with Gasteiger partial charge in [0.1, 0.15) is 0 Å². The molecule has 0 unspecified atom stereocenters. The molecule has 0 aromatic rings. The van der Waals surface area contributed by atoms with Crippen LogP contribution in [0.2, 0.25) is 0 Å². The number of allylic oxidation sites excluding steroid dienone is 6. The molecule has 5 saturated carbocycles. The zero-order valence-electron chi connectivity index (χ0n) is 19.8. The van der Waals surface area contributed by atoms with Crippen LogP contribution in [0, 0.1) is 92.3 Å². The second-order valence-corrected chi connectivity index (χ2v) is 10.6. The van der Waals surface area contributed by atoms with Gasteiger partial charge in [0.25, 0.3) is 0 Å². The quantitative estimate of drug-likeness (QED) is 0.420. The molecule has 3 nitrogen and oxygen atoms in total. The van der Waals surface area contributed by atoms with Gasteiger partial charge in [-0.2, -0.15) is 0 Å². The molecule has 0 saturated heterocycles. The van der Waals surface area contributed by atoms with Crippen LogP contribution >= 0.6 is 0 Å². The fourth-order valence-electron chi connectivity index (χ4n) is 7.14. The second kappa shape index (κ2) is 10.2. The van der Waals surface area contributed by atoms with Crippen LogP contribution in [0.15, 0.2) is 35.5 Å². The Morgan fingerprint density at radius 2 is 1.65 bits per heavy atom. The van der Waals surface area contributed by atoms with Crippen LogP contribution < -0.4 is 0 Å². The van der Waals surface area contributed by atoms with Gasteiger partial charge in [-0.3, -0.25) is 9.59 Å². The Kier molecular flexibility index (Phi) is 7.83. The first-order chi connectivity index (χ1) is 15.8. The van der Waals surface area contributed by atoms with Crippen molar-refractivity contribution in [3.8, 4) is 0 Å². The van der Waals surface area contributed by atoms with Gasteiger partial charge in [0.2, 0.25) is 0 Å². The third-order valence-electron chi connectivity index (χ3n) is 8.72. The van der Waals surface area contributed by atoms with E-state index in [1.165, 1.54) is 0 Å². The maximum Gasteiger partial charge on any atom is 2.00 e. The Labute approximate surface area is 216 Å². The van der Waals surface area contributed by atoms with Gasteiger partial charge in [-0.1, -0.05) is 31.6 Å². The zero-order chi connectivity index (χ0) is 23.2. The molecule has 0 bridgehead atoms. The predicted octanol–water partition coefficient (Wildman–Crippen LogP) is 4.79. The minimum Gasteiger partial charge on any atom is -0.393 e. The van der Waals surface area contributed by atoms with Crippen LogP contribution in [0.4, 0.5) is 0 Å². The van der Waals surface area contributed by atoms with Crippen LogP contribution in [0.5, 0.6) is 0 Å². The van der Waals surface area contributed by atoms with Crippen LogP contribution in [0.1, 0.15) is 39.5 Å². The number of hydrogen-bond donors (Lipinski definition) is 1. The maximum absolute atomic E-state index is 13.4. The average molecular weight is 496 g/mol. The standard InChI is InChI=1S/C25H27O3.C5H5.Fe/c1-24-10-9-18(26)13-17(24)7-8-19-20-12-16(11-15-5-3-4-6-15)23(28)25(20,2)14-21(27)22(19)24;1-2-4-5-3-1;/h3-6,9-11,13,19-22,27H,7-8,12,14H2,1-2H3;1-5H;/q;;+2/b16-11+;;/t19-,20-,21-,22+,24-,25-;;/m0../s1. The number of rotatable bonds is 1. The molecule has 6 atom stereocenters. The van der Waals surface area contributed by atoms with Crippen molar-refractivity contribution in [2.45, 2.75) is 45.6 Å². The van der Waals surface area contributed by atoms with Crippen molar-refractivity contribution < 1.29 is 31.8 Å². The molecule has 0 heterocycles. The molecule has 1 N–H and O–H groups in total. The summed E-state index contributed by atoms with van der Waals surface area (Å²) in [7, 11) is 0. The number of carbonyl (C=O) groups is 2. The Hall–Kier alpha value is -0.961. The minimum atomic E-state index is -0.528. The van der Waals surface area contributed by atoms with E-state index in [1.807, 2.05) is 69.9 Å². The molecule has 34 heavy (non-hydrogen) atoms. The summed E-state index contributed by atoms with van der Waals surface area (Å²) in [4.78, 5) is 25.3. The van der Waals surface area contributed by atoms with E-state index in [9.17, 15) is 14.7 Å². The Balaban J connectivity index is 0.000000407. The van der Waals surface area contributed by atoms with Gasteiger partial charge < -0.3 is 5.11 Å². The summed E-state index contributed by atoms with van der Waals surface area (Å²) in [5.41, 5.74) is 1.30. The summed E-state index contributed by atoms with van der Waals surface area (Å²) >= 11 is 0. The van der Waals surface area contributed by atoms with Crippen molar-refractivity contribution in [3.63, 3.8) is 0 Å². The molecule has 10 radical (unpaired) electrons. The molecule has 0 aliphatic heterocycles. The molecule has 5 fully saturated rings. The predicted molar refractivity (Wildman–Crippen MR) is 128 cm³/mol. The molecule has 0 aromatic carbocycles. The topological polar surface area (TPSA) is 54.4 Å². The third-order valence-corrected chi connectivity index (χ3v) is 8.72. The number of fused-ring (bicyclic) bond motifs is 5. The van der Waals surface area contributed by atoms with E-state index in [0.29, 0.717) is 12.3 Å². The SMILES string of the molecule is C[C@]12C=CC(=O)C=C1CC[C@@H]1[C@@H]2[C@@H](O)C[C@]2(C)C(=O)/C(=C/[C]3[CH][CH][CH][CH]3)C[C@@H]12.[CH]1[CH][CH][CH][CH]1.[Fe+2]. The zero-order valence-corrected chi connectivity index (χ0v) is 20.9. The van der Waals surface area contributed by atoms with Crippen molar-refractivity contribution in [2.24, 2.45) is 28.6 Å². The molecule has 0 aromatic heterocycles. The minimum absolute atomic E-state index is 0. The number of Topliss-reactive ketones (excluding diaryl/α,β-unsaturated/α-hetero) is 1. The first-order valence-electron chi connectivity index (χ1n) is 12.1. The van der Waals surface area contributed by atoms with Crippen molar-refractivity contribution in [1.82, 2.24) is 0 Å². The van der Waals surface area contributed by atoms with Crippen LogP contribution in [-0.2, 0) is 26.7 Å². The van der Waals surface area contributed by atoms with Gasteiger partial charge in [0, 0.05) is 22.7 Å². The first-order valence-corrected chi connectivity index (χ1v) is 12.1. The van der Waals surface area contributed by atoms with E-state index in [-0.39, 0.29) is 45.9 Å². The van der Waals surface area contributed by atoms with Gasteiger partial charge >= 0.3 is 17.1 Å². The van der Waals surface area contributed by atoms with Crippen LogP contribution in [0.25, 0.3) is 0 Å². The largest absolute Gasteiger partial charge is 2.00 e. The molecule has 0 spiro atoms. The summed E-state index contributed by atoms with van der Waals surface area (Å²) < 4.78 is 0. The van der Waals surface area contributed by atoms with Crippen molar-refractivity contribution in [3.05, 3.63) is 99.2 Å². The summed E-state index contributed by atoms with van der Waals surface area (Å²) in [6, 6.07) is 0. The number of aliphatic hydroxyl groups excluding tert-OH is 1. The summed E-state index contributed by atoms with van der Waals surface area (Å²) in [6.45, 7) is 4.24. The number of aliphatic hydroxyl groups is 1. The second-order valence-electron chi connectivity index (χ2n) is 10.6. The van der Waals surface area contributed by atoms with Crippen LogP contribution in [0.3, 0.4) is 0 Å². The number of hydrogen-bond acceptors (Lipinski definition) is 3. The van der Waals surface area contributed by atoms with Gasteiger partial charge in [-0.25, -0.2) is 0 Å². The van der Waals surface area contributed by atoms with E-state index in [2.05, 4.69) is 13.8 Å². The number of ketones is 2. The van der Waals surface area contributed by atoms with E-state index < -0.39 is 11.5 Å². The van der Waals surface area contributed by atoms with E-state index >= 15 is 0 Å². The van der Waals surface area contributed by atoms with Crippen molar-refractivity contribution >= 4 is 11.6 Å². The van der Waals surface area contributed by atoms with Gasteiger partial charge in [0.15, 0.2) is 11.6 Å². The normalized spacial score (nSPS) is 42.3. The summed E-state index contributed by atoms with van der Waals surface area (Å²) in [5, 5.41) is 11.2. The first kappa shape index (κ1) is 26.1. The van der Waals surface area contributed by atoms with Gasteiger partial charge in [0.05, 0.1) is 6.10 Å². The molecule has 6 aliphatic carbocycles.